The quantitative estimate of drug-likeness (QED) is 0.377. The molecule has 1 fully saturated rings. The van der Waals surface area contributed by atoms with E-state index < -0.39 is 14.9 Å². The molecule has 0 radical (unpaired) electrons. The van der Waals surface area contributed by atoms with Gasteiger partial charge in [-0.25, -0.2) is 13.4 Å². The number of sulfonamides is 1. The van der Waals surface area contributed by atoms with Gasteiger partial charge in [0.25, 0.3) is 5.69 Å². The number of pyridine rings is 1. The van der Waals surface area contributed by atoms with Gasteiger partial charge >= 0.3 is 0 Å². The molecule has 3 rings (SSSR count). The Kier molecular flexibility index (Phi) is 6.69. The second-order valence-electron chi connectivity index (χ2n) is 6.86. The highest BCUT2D eigenvalue weighted by molar-refractivity contribution is 7.98. The molecule has 1 aromatic heterocycles. The lowest BCUT2D eigenvalue weighted by Gasteiger charge is -2.30. The fourth-order valence-electron chi connectivity index (χ4n) is 3.28. The summed E-state index contributed by atoms with van der Waals surface area (Å²) in [4.78, 5) is 14.8. The molecule has 0 amide bonds. The van der Waals surface area contributed by atoms with Crippen LogP contribution in [0.5, 0.6) is 0 Å². The van der Waals surface area contributed by atoms with E-state index in [0.29, 0.717) is 10.8 Å². The maximum absolute atomic E-state index is 12.8. The number of thioether (sulfide) groups is 1. The van der Waals surface area contributed by atoms with Crippen LogP contribution in [0.4, 0.5) is 5.69 Å². The van der Waals surface area contributed by atoms with Gasteiger partial charge in [-0.3, -0.25) is 10.1 Å². The second-order valence-corrected chi connectivity index (χ2v) is 9.85. The van der Waals surface area contributed by atoms with E-state index in [2.05, 4.69) is 4.98 Å². The molecule has 1 aliphatic carbocycles. The van der Waals surface area contributed by atoms with Crippen molar-refractivity contribution in [2.75, 3.05) is 7.05 Å². The first-order chi connectivity index (χ1) is 13.4. The Morgan fingerprint density at radius 1 is 1.14 bits per heavy atom. The van der Waals surface area contributed by atoms with Gasteiger partial charge in [-0.2, -0.15) is 4.31 Å². The van der Waals surface area contributed by atoms with E-state index in [-0.39, 0.29) is 16.6 Å². The first-order valence-electron chi connectivity index (χ1n) is 9.18. The SMILES string of the molecule is CN(C1CCCCC1)S(=O)(=O)c1ccc(SCc2ccc([N+](=O)[O-])cc2)nc1. The normalized spacial score (nSPS) is 15.6. The van der Waals surface area contributed by atoms with Crippen LogP contribution in [0.3, 0.4) is 0 Å². The van der Waals surface area contributed by atoms with Crippen molar-refractivity contribution >= 4 is 27.5 Å². The number of nitrogens with zero attached hydrogens (tertiary/aromatic N) is 3. The number of benzene rings is 1. The fourth-order valence-corrected chi connectivity index (χ4v) is 5.44. The molecule has 1 saturated carbocycles. The number of nitro benzene ring substituents is 1. The Morgan fingerprint density at radius 3 is 2.39 bits per heavy atom. The topological polar surface area (TPSA) is 93.4 Å². The van der Waals surface area contributed by atoms with Crippen LogP contribution in [0.15, 0.2) is 52.5 Å². The molecule has 1 heterocycles. The summed E-state index contributed by atoms with van der Waals surface area (Å²) >= 11 is 1.45. The summed E-state index contributed by atoms with van der Waals surface area (Å²) in [6.07, 6.45) is 6.54. The zero-order chi connectivity index (χ0) is 20.1. The average Bonchev–Trinajstić information content (AvgIpc) is 2.73. The van der Waals surface area contributed by atoms with Gasteiger partial charge in [-0.15, -0.1) is 11.8 Å². The monoisotopic (exact) mass is 421 g/mol. The Balaban J connectivity index is 1.63. The molecule has 2 aromatic rings. The number of rotatable bonds is 7. The van der Waals surface area contributed by atoms with Gasteiger partial charge in [0.05, 0.1) is 9.95 Å². The van der Waals surface area contributed by atoms with Crippen LogP contribution in [-0.4, -0.2) is 35.7 Å². The van der Waals surface area contributed by atoms with Crippen LogP contribution in [-0.2, 0) is 15.8 Å². The lowest BCUT2D eigenvalue weighted by Crippen LogP contribution is -2.38. The van der Waals surface area contributed by atoms with Crippen LogP contribution in [0.25, 0.3) is 0 Å². The minimum Gasteiger partial charge on any atom is -0.258 e. The second kappa shape index (κ2) is 9.02. The summed E-state index contributed by atoms with van der Waals surface area (Å²) in [5.41, 5.74) is 0.995. The van der Waals surface area contributed by atoms with Gasteiger partial charge in [-0.05, 0) is 30.5 Å². The van der Waals surface area contributed by atoms with Gasteiger partial charge in [-0.1, -0.05) is 31.4 Å². The summed E-state index contributed by atoms with van der Waals surface area (Å²) in [5, 5.41) is 11.4. The largest absolute Gasteiger partial charge is 0.269 e. The van der Waals surface area contributed by atoms with Crippen LogP contribution < -0.4 is 0 Å². The number of non-ortho nitro benzene ring substituents is 1. The molecule has 0 bridgehead atoms. The number of hydrogen-bond donors (Lipinski definition) is 0. The molecule has 0 N–H and O–H groups in total. The highest BCUT2D eigenvalue weighted by Crippen LogP contribution is 2.27. The van der Waals surface area contributed by atoms with E-state index in [1.54, 1.807) is 31.3 Å². The number of hydrogen-bond acceptors (Lipinski definition) is 6. The van der Waals surface area contributed by atoms with E-state index in [0.717, 1.165) is 31.2 Å². The average molecular weight is 422 g/mol. The van der Waals surface area contributed by atoms with Crippen molar-refractivity contribution in [1.82, 2.24) is 9.29 Å². The fraction of sp³-hybridized carbons (Fsp3) is 0.421. The summed E-state index contributed by atoms with van der Waals surface area (Å²) < 4.78 is 27.2. The first-order valence-corrected chi connectivity index (χ1v) is 11.6. The Hall–Kier alpha value is -1.97. The third-order valence-electron chi connectivity index (χ3n) is 5.01. The van der Waals surface area contributed by atoms with Crippen LogP contribution in [0.2, 0.25) is 0 Å². The van der Waals surface area contributed by atoms with E-state index >= 15 is 0 Å². The summed E-state index contributed by atoms with van der Waals surface area (Å²) in [7, 11) is -1.88. The predicted molar refractivity (Wildman–Crippen MR) is 109 cm³/mol. The van der Waals surface area contributed by atoms with Gasteiger partial charge < -0.3 is 0 Å². The van der Waals surface area contributed by atoms with E-state index in [4.69, 9.17) is 0 Å². The lowest BCUT2D eigenvalue weighted by atomic mass is 9.96. The molecule has 9 heteroatoms. The molecule has 0 aliphatic heterocycles. The van der Waals surface area contributed by atoms with Crippen LogP contribution in [0, 0.1) is 10.1 Å². The third kappa shape index (κ3) is 4.89. The zero-order valence-electron chi connectivity index (χ0n) is 15.7. The van der Waals surface area contributed by atoms with Crippen molar-refractivity contribution in [2.45, 2.75) is 53.8 Å². The van der Waals surface area contributed by atoms with Gasteiger partial charge in [0.15, 0.2) is 0 Å². The number of aromatic nitrogens is 1. The predicted octanol–water partition coefficient (Wildman–Crippen LogP) is 4.24. The van der Waals surface area contributed by atoms with Gasteiger partial charge in [0.2, 0.25) is 10.0 Å². The molecule has 1 aromatic carbocycles. The highest BCUT2D eigenvalue weighted by atomic mass is 32.2. The van der Waals surface area contributed by atoms with Crippen molar-refractivity contribution < 1.29 is 13.3 Å². The van der Waals surface area contributed by atoms with Crippen molar-refractivity contribution in [1.29, 1.82) is 0 Å². The standard InChI is InChI=1S/C19H23N3O4S2/c1-21(16-5-3-2-4-6-16)28(25,26)18-11-12-19(20-13-18)27-14-15-7-9-17(10-8-15)22(23)24/h7-13,16H,2-6,14H2,1H3. The molecule has 0 atom stereocenters. The van der Waals surface area contributed by atoms with Crippen molar-refractivity contribution in [2.24, 2.45) is 0 Å². The zero-order valence-corrected chi connectivity index (χ0v) is 17.3. The van der Waals surface area contributed by atoms with Crippen molar-refractivity contribution in [3.8, 4) is 0 Å². The van der Waals surface area contributed by atoms with E-state index in [9.17, 15) is 18.5 Å². The van der Waals surface area contributed by atoms with Crippen LogP contribution in [0.1, 0.15) is 37.7 Å². The van der Waals surface area contributed by atoms with Crippen molar-refractivity contribution in [3.05, 3.63) is 58.3 Å². The van der Waals surface area contributed by atoms with E-state index in [1.807, 2.05) is 0 Å². The summed E-state index contributed by atoms with van der Waals surface area (Å²) in [6, 6.07) is 9.74. The molecule has 1 aliphatic rings. The van der Waals surface area contributed by atoms with Gasteiger partial charge in [0.1, 0.15) is 4.90 Å². The maximum atomic E-state index is 12.8. The van der Waals surface area contributed by atoms with Crippen molar-refractivity contribution in [3.63, 3.8) is 0 Å². The van der Waals surface area contributed by atoms with Crippen LogP contribution >= 0.6 is 11.8 Å². The summed E-state index contributed by atoms with van der Waals surface area (Å²) in [5.74, 6) is 0.596. The smallest absolute Gasteiger partial charge is 0.258 e. The Morgan fingerprint density at radius 2 is 1.82 bits per heavy atom. The molecule has 7 nitrogen and oxygen atoms in total. The Bertz CT molecular complexity index is 909. The highest BCUT2D eigenvalue weighted by Gasteiger charge is 2.29. The third-order valence-corrected chi connectivity index (χ3v) is 7.92. The molecule has 28 heavy (non-hydrogen) atoms. The maximum Gasteiger partial charge on any atom is 0.269 e. The molecule has 0 saturated heterocycles. The minimum absolute atomic E-state index is 0.0588. The lowest BCUT2D eigenvalue weighted by molar-refractivity contribution is -0.384. The molecular formula is C19H23N3O4S2. The molecule has 0 spiro atoms. The molecular weight excluding hydrogens is 398 g/mol. The minimum atomic E-state index is -3.54. The molecule has 150 valence electrons. The molecule has 0 unspecified atom stereocenters. The Labute approximate surface area is 169 Å². The van der Waals surface area contributed by atoms with E-state index in [1.165, 1.54) is 40.8 Å². The summed E-state index contributed by atoms with van der Waals surface area (Å²) in [6.45, 7) is 0. The van der Waals surface area contributed by atoms with Gasteiger partial charge in [0, 0.05) is 37.2 Å². The number of nitro groups is 1. The first kappa shape index (κ1) is 20.8.